The summed E-state index contributed by atoms with van der Waals surface area (Å²) in [5.41, 5.74) is 1.25. The Morgan fingerprint density at radius 3 is 3.00 bits per heavy atom. The van der Waals surface area contributed by atoms with Crippen molar-refractivity contribution in [3.8, 4) is 5.75 Å². The van der Waals surface area contributed by atoms with E-state index in [1.165, 1.54) is 22.5 Å². The van der Waals surface area contributed by atoms with Crippen LogP contribution in [0.1, 0.15) is 12.5 Å². The van der Waals surface area contributed by atoms with Crippen LogP contribution in [0.15, 0.2) is 18.3 Å². The first kappa shape index (κ1) is 8.51. The third kappa shape index (κ3) is 1.29. The van der Waals surface area contributed by atoms with Gasteiger partial charge in [0.25, 0.3) is 0 Å². The molecule has 0 bridgehead atoms. The molecule has 1 aromatic carbocycles. The Morgan fingerprint density at radius 2 is 2.31 bits per heavy atom. The number of rotatable bonds is 2. The fraction of sp³-hybridized carbons (Fsp3) is 0.300. The Hall–Kier alpha value is -1.09. The molecule has 0 unspecified atom stereocenters. The van der Waals surface area contributed by atoms with Gasteiger partial charge in [-0.05, 0) is 23.5 Å². The number of benzene rings is 1. The number of aromatic nitrogens is 1. The topological polar surface area (TPSA) is 22.1 Å². The second-order valence-electron chi connectivity index (χ2n) is 2.86. The molecule has 68 valence electrons. The van der Waals surface area contributed by atoms with Crippen molar-refractivity contribution < 1.29 is 4.74 Å². The van der Waals surface area contributed by atoms with Crippen molar-refractivity contribution in [3.63, 3.8) is 0 Å². The summed E-state index contributed by atoms with van der Waals surface area (Å²) in [5.74, 6) is 0.988. The minimum Gasteiger partial charge on any atom is -0.495 e. The number of hydrogen-bond donors (Lipinski definition) is 0. The van der Waals surface area contributed by atoms with Crippen LogP contribution in [0.2, 0.25) is 0 Å². The second kappa shape index (κ2) is 3.34. The van der Waals surface area contributed by atoms with Crippen LogP contribution in [0.3, 0.4) is 0 Å². The zero-order valence-electron chi connectivity index (χ0n) is 7.70. The van der Waals surface area contributed by atoms with Gasteiger partial charge in [0.2, 0.25) is 0 Å². The van der Waals surface area contributed by atoms with E-state index in [9.17, 15) is 0 Å². The van der Waals surface area contributed by atoms with Crippen molar-refractivity contribution in [1.29, 1.82) is 0 Å². The summed E-state index contributed by atoms with van der Waals surface area (Å²) in [6, 6.07) is 4.20. The Kier molecular flexibility index (Phi) is 2.19. The molecule has 0 amide bonds. The first-order chi connectivity index (χ1) is 6.36. The van der Waals surface area contributed by atoms with Crippen LogP contribution >= 0.6 is 11.5 Å². The minimum absolute atomic E-state index is 0.988. The van der Waals surface area contributed by atoms with E-state index in [1.54, 1.807) is 7.11 Å². The lowest BCUT2D eigenvalue weighted by Crippen LogP contribution is -1.89. The Labute approximate surface area is 81.3 Å². The Morgan fingerprint density at radius 1 is 1.46 bits per heavy atom. The lowest BCUT2D eigenvalue weighted by Gasteiger charge is -2.06. The van der Waals surface area contributed by atoms with Gasteiger partial charge in [0.15, 0.2) is 0 Å². The summed E-state index contributed by atoms with van der Waals surface area (Å²) in [5, 5.41) is 1.17. The van der Waals surface area contributed by atoms with E-state index in [2.05, 4.69) is 23.4 Å². The van der Waals surface area contributed by atoms with Crippen LogP contribution in [-0.2, 0) is 6.42 Å². The number of methoxy groups -OCH3 is 1. The van der Waals surface area contributed by atoms with Gasteiger partial charge in [0, 0.05) is 11.6 Å². The van der Waals surface area contributed by atoms with Crippen LogP contribution in [-0.4, -0.2) is 11.5 Å². The molecule has 1 heterocycles. The van der Waals surface area contributed by atoms with E-state index in [-0.39, 0.29) is 0 Å². The third-order valence-corrected chi connectivity index (χ3v) is 2.96. The van der Waals surface area contributed by atoms with Crippen LogP contribution in [0.25, 0.3) is 10.1 Å². The summed E-state index contributed by atoms with van der Waals surface area (Å²) in [6.45, 7) is 2.13. The van der Waals surface area contributed by atoms with Crippen molar-refractivity contribution >= 4 is 21.6 Å². The number of nitrogens with zero attached hydrogens (tertiary/aromatic N) is 1. The van der Waals surface area contributed by atoms with Crippen LogP contribution in [0.5, 0.6) is 5.75 Å². The van der Waals surface area contributed by atoms with Gasteiger partial charge in [0.05, 0.1) is 11.8 Å². The molecular weight excluding hydrogens is 182 g/mol. The molecular formula is C10H11NOS. The molecule has 0 fully saturated rings. The van der Waals surface area contributed by atoms with Gasteiger partial charge in [-0.25, -0.2) is 0 Å². The number of fused-ring (bicyclic) bond motifs is 1. The van der Waals surface area contributed by atoms with E-state index in [0.717, 1.165) is 16.9 Å². The van der Waals surface area contributed by atoms with Gasteiger partial charge < -0.3 is 4.74 Å². The van der Waals surface area contributed by atoms with E-state index in [4.69, 9.17) is 4.74 Å². The second-order valence-corrected chi connectivity index (χ2v) is 3.66. The molecule has 0 aliphatic heterocycles. The SMILES string of the molecule is CCc1ccc2cnsc2c1OC. The molecule has 0 N–H and O–H groups in total. The summed E-state index contributed by atoms with van der Waals surface area (Å²) in [6.07, 6.45) is 2.87. The van der Waals surface area contributed by atoms with Crippen LogP contribution in [0, 0.1) is 0 Å². The average Bonchev–Trinajstić information content (AvgIpc) is 2.63. The summed E-state index contributed by atoms with van der Waals surface area (Å²) < 4.78 is 10.7. The lowest BCUT2D eigenvalue weighted by atomic mass is 10.1. The third-order valence-electron chi connectivity index (χ3n) is 2.14. The fourth-order valence-corrected chi connectivity index (χ4v) is 2.25. The smallest absolute Gasteiger partial charge is 0.141 e. The van der Waals surface area contributed by atoms with Gasteiger partial charge in [-0.2, -0.15) is 4.37 Å². The largest absolute Gasteiger partial charge is 0.495 e. The molecule has 2 nitrogen and oxygen atoms in total. The van der Waals surface area contributed by atoms with Crippen molar-refractivity contribution in [1.82, 2.24) is 4.37 Å². The predicted octanol–water partition coefficient (Wildman–Crippen LogP) is 2.87. The van der Waals surface area contributed by atoms with Gasteiger partial charge in [-0.15, -0.1) is 0 Å². The average molecular weight is 193 g/mol. The molecule has 2 aromatic rings. The highest BCUT2D eigenvalue weighted by Gasteiger charge is 2.07. The molecule has 0 saturated heterocycles. The number of aryl methyl sites for hydroxylation is 1. The number of hydrogen-bond acceptors (Lipinski definition) is 3. The van der Waals surface area contributed by atoms with E-state index in [1.807, 2.05) is 6.20 Å². The van der Waals surface area contributed by atoms with Crippen LogP contribution in [0.4, 0.5) is 0 Å². The molecule has 0 spiro atoms. The predicted molar refractivity (Wildman–Crippen MR) is 55.6 cm³/mol. The normalized spacial score (nSPS) is 10.6. The molecule has 0 aliphatic carbocycles. The lowest BCUT2D eigenvalue weighted by molar-refractivity contribution is 0.416. The zero-order valence-corrected chi connectivity index (χ0v) is 8.52. The minimum atomic E-state index is 0.988. The maximum Gasteiger partial charge on any atom is 0.141 e. The Bertz CT molecular complexity index is 422. The molecule has 3 heteroatoms. The standard InChI is InChI=1S/C10H11NOS/c1-3-7-4-5-8-6-11-13-10(8)9(7)12-2/h4-6H,3H2,1-2H3. The molecule has 1 aromatic heterocycles. The van der Waals surface area contributed by atoms with E-state index in [0.29, 0.717) is 0 Å². The van der Waals surface area contributed by atoms with Gasteiger partial charge >= 0.3 is 0 Å². The quantitative estimate of drug-likeness (QED) is 0.731. The molecule has 0 radical (unpaired) electrons. The van der Waals surface area contributed by atoms with Crippen molar-refractivity contribution in [3.05, 3.63) is 23.9 Å². The van der Waals surface area contributed by atoms with Gasteiger partial charge in [-0.3, -0.25) is 0 Å². The first-order valence-corrected chi connectivity index (χ1v) is 5.04. The van der Waals surface area contributed by atoms with Crippen molar-refractivity contribution in [2.45, 2.75) is 13.3 Å². The molecule has 0 aliphatic rings. The Balaban J connectivity index is 2.74. The zero-order chi connectivity index (χ0) is 9.26. The highest BCUT2D eigenvalue weighted by Crippen LogP contribution is 2.32. The van der Waals surface area contributed by atoms with Gasteiger partial charge in [0.1, 0.15) is 5.75 Å². The summed E-state index contributed by atoms with van der Waals surface area (Å²) in [7, 11) is 1.72. The highest BCUT2D eigenvalue weighted by atomic mass is 32.1. The van der Waals surface area contributed by atoms with Crippen molar-refractivity contribution in [2.75, 3.05) is 7.11 Å². The molecule has 0 saturated carbocycles. The van der Waals surface area contributed by atoms with E-state index >= 15 is 0 Å². The van der Waals surface area contributed by atoms with Crippen molar-refractivity contribution in [2.24, 2.45) is 0 Å². The molecule has 13 heavy (non-hydrogen) atoms. The van der Waals surface area contributed by atoms with Gasteiger partial charge in [-0.1, -0.05) is 19.1 Å². The fourth-order valence-electron chi connectivity index (χ4n) is 1.45. The maximum absolute atomic E-state index is 5.38. The maximum atomic E-state index is 5.38. The van der Waals surface area contributed by atoms with Crippen LogP contribution < -0.4 is 4.74 Å². The molecule has 2 rings (SSSR count). The highest BCUT2D eigenvalue weighted by molar-refractivity contribution is 7.13. The summed E-state index contributed by atoms with van der Waals surface area (Å²) >= 11 is 1.49. The summed E-state index contributed by atoms with van der Waals surface area (Å²) in [4.78, 5) is 0. The molecule has 0 atom stereocenters. The number of ether oxygens (including phenoxy) is 1. The van der Waals surface area contributed by atoms with E-state index < -0.39 is 0 Å². The first-order valence-electron chi connectivity index (χ1n) is 4.27. The monoisotopic (exact) mass is 193 g/mol.